The number of nitrogens with zero attached hydrogens (tertiary/aromatic N) is 1. The third kappa shape index (κ3) is 0.848. The zero-order valence-corrected chi connectivity index (χ0v) is 5.39. The minimum Gasteiger partial charge on any atom is -0.301 e. The van der Waals surface area contributed by atoms with Gasteiger partial charge in [0.1, 0.15) is 6.17 Å². The summed E-state index contributed by atoms with van der Waals surface area (Å²) in [5.74, 6) is 0. The van der Waals surface area contributed by atoms with Gasteiger partial charge < -0.3 is 4.90 Å². The number of hydrogen-bond acceptors (Lipinski definition) is 1. The van der Waals surface area contributed by atoms with Crippen molar-refractivity contribution in [3.8, 4) is 0 Å². The Balaban J connectivity index is 2.44. The molecule has 2 heteroatoms. The van der Waals surface area contributed by atoms with Gasteiger partial charge in [0.25, 0.3) is 0 Å². The highest BCUT2D eigenvalue weighted by molar-refractivity contribution is 4.80. The van der Waals surface area contributed by atoms with E-state index in [0.29, 0.717) is 0 Å². The highest BCUT2D eigenvalue weighted by atomic mass is 19.1. The Morgan fingerprint density at radius 1 is 1.62 bits per heavy atom. The van der Waals surface area contributed by atoms with Crippen LogP contribution in [-0.4, -0.2) is 30.7 Å². The third-order valence-corrected chi connectivity index (χ3v) is 1.98. The predicted molar refractivity (Wildman–Crippen MR) is 31.6 cm³/mol. The molecule has 0 radical (unpaired) electrons. The van der Waals surface area contributed by atoms with Crippen molar-refractivity contribution in [3.63, 3.8) is 0 Å². The molecule has 0 aliphatic carbocycles. The Morgan fingerprint density at radius 3 is 2.38 bits per heavy atom. The molecule has 0 aromatic carbocycles. The summed E-state index contributed by atoms with van der Waals surface area (Å²) in [7, 11) is 1.96. The van der Waals surface area contributed by atoms with Gasteiger partial charge in [-0.15, -0.1) is 0 Å². The van der Waals surface area contributed by atoms with E-state index in [4.69, 9.17) is 0 Å². The standard InChI is InChI=1S/C6H12FN/c1-5-6(7)3-4-8(5)2/h5-6H,3-4H2,1-2H3/t5-,6+/m0/s1. The molecule has 8 heavy (non-hydrogen) atoms. The Bertz CT molecular complexity index is 74.6. The SMILES string of the molecule is C[C@H]1[C@H](F)CCN1C. The van der Waals surface area contributed by atoms with Gasteiger partial charge in [0.15, 0.2) is 0 Å². The van der Waals surface area contributed by atoms with Gasteiger partial charge in [0, 0.05) is 12.6 Å². The molecule has 1 aliphatic rings. The lowest BCUT2D eigenvalue weighted by Crippen LogP contribution is -2.26. The second-order valence-corrected chi connectivity index (χ2v) is 2.53. The normalized spacial score (nSPS) is 40.9. The smallest absolute Gasteiger partial charge is 0.116 e. The van der Waals surface area contributed by atoms with Crippen molar-refractivity contribution in [2.45, 2.75) is 25.6 Å². The van der Waals surface area contributed by atoms with Crippen LogP contribution in [0.25, 0.3) is 0 Å². The maximum atomic E-state index is 12.5. The molecule has 1 rings (SSSR count). The van der Waals surface area contributed by atoms with Crippen molar-refractivity contribution < 1.29 is 4.39 Å². The number of hydrogen-bond donors (Lipinski definition) is 0. The molecule has 1 nitrogen and oxygen atoms in total. The van der Waals surface area contributed by atoms with E-state index in [2.05, 4.69) is 0 Å². The number of rotatable bonds is 0. The number of halogens is 1. The average molecular weight is 117 g/mol. The second kappa shape index (κ2) is 2.02. The van der Waals surface area contributed by atoms with E-state index < -0.39 is 6.17 Å². The summed E-state index contributed by atoms with van der Waals surface area (Å²) in [6.07, 6.45) is 0.137. The summed E-state index contributed by atoms with van der Waals surface area (Å²) < 4.78 is 12.5. The fraction of sp³-hybridized carbons (Fsp3) is 1.00. The largest absolute Gasteiger partial charge is 0.301 e. The Labute approximate surface area is 49.5 Å². The van der Waals surface area contributed by atoms with E-state index in [9.17, 15) is 4.39 Å². The van der Waals surface area contributed by atoms with E-state index in [1.807, 2.05) is 18.9 Å². The number of likely N-dealkylation sites (tertiary alicyclic amines) is 1. The van der Waals surface area contributed by atoms with Gasteiger partial charge in [-0.1, -0.05) is 0 Å². The van der Waals surface area contributed by atoms with Crippen molar-refractivity contribution in [3.05, 3.63) is 0 Å². The minimum atomic E-state index is -0.583. The molecule has 0 unspecified atom stereocenters. The first-order valence-electron chi connectivity index (χ1n) is 3.06. The van der Waals surface area contributed by atoms with Crippen molar-refractivity contribution in [2.24, 2.45) is 0 Å². The maximum Gasteiger partial charge on any atom is 0.116 e. The van der Waals surface area contributed by atoms with Crippen molar-refractivity contribution >= 4 is 0 Å². The fourth-order valence-corrected chi connectivity index (χ4v) is 1.05. The van der Waals surface area contributed by atoms with Gasteiger partial charge in [0.05, 0.1) is 0 Å². The van der Waals surface area contributed by atoms with Crippen LogP contribution in [0.1, 0.15) is 13.3 Å². The van der Waals surface area contributed by atoms with Crippen LogP contribution >= 0.6 is 0 Å². The van der Waals surface area contributed by atoms with Gasteiger partial charge in [0.2, 0.25) is 0 Å². The molecule has 1 heterocycles. The quantitative estimate of drug-likeness (QED) is 0.458. The van der Waals surface area contributed by atoms with Gasteiger partial charge in [-0.3, -0.25) is 0 Å². The summed E-state index contributed by atoms with van der Waals surface area (Å²) in [4.78, 5) is 2.05. The van der Waals surface area contributed by atoms with Gasteiger partial charge in [-0.2, -0.15) is 0 Å². The third-order valence-electron chi connectivity index (χ3n) is 1.98. The molecule has 2 atom stereocenters. The lowest BCUT2D eigenvalue weighted by Gasteiger charge is -2.14. The molecular formula is C6H12FN. The summed E-state index contributed by atoms with van der Waals surface area (Å²) >= 11 is 0. The van der Waals surface area contributed by atoms with Crippen LogP contribution < -0.4 is 0 Å². The summed E-state index contributed by atoms with van der Waals surface area (Å²) in [5, 5.41) is 0. The van der Waals surface area contributed by atoms with Crippen LogP contribution in [0, 0.1) is 0 Å². The molecule has 0 N–H and O–H groups in total. The molecule has 1 aliphatic heterocycles. The zero-order chi connectivity index (χ0) is 6.15. The van der Waals surface area contributed by atoms with E-state index in [-0.39, 0.29) is 6.04 Å². The Hall–Kier alpha value is -0.110. The molecule has 0 amide bonds. The van der Waals surface area contributed by atoms with Crippen molar-refractivity contribution in [1.82, 2.24) is 4.90 Å². The molecule has 0 bridgehead atoms. The van der Waals surface area contributed by atoms with E-state index in [1.54, 1.807) is 0 Å². The van der Waals surface area contributed by atoms with Gasteiger partial charge in [-0.05, 0) is 20.4 Å². The topological polar surface area (TPSA) is 3.24 Å². The highest BCUT2D eigenvalue weighted by Gasteiger charge is 2.26. The first kappa shape index (κ1) is 6.02. The van der Waals surface area contributed by atoms with Crippen LogP contribution in [0.5, 0.6) is 0 Å². The van der Waals surface area contributed by atoms with Gasteiger partial charge >= 0.3 is 0 Å². The first-order chi connectivity index (χ1) is 3.72. The molecule has 0 saturated carbocycles. The van der Waals surface area contributed by atoms with Crippen LogP contribution in [-0.2, 0) is 0 Å². The van der Waals surface area contributed by atoms with Crippen molar-refractivity contribution in [2.75, 3.05) is 13.6 Å². The molecule has 1 saturated heterocycles. The fourth-order valence-electron chi connectivity index (χ4n) is 1.05. The minimum absolute atomic E-state index is 0.148. The Morgan fingerprint density at radius 2 is 2.25 bits per heavy atom. The first-order valence-corrected chi connectivity index (χ1v) is 3.06. The molecule has 0 aromatic heterocycles. The van der Waals surface area contributed by atoms with E-state index in [1.165, 1.54) is 0 Å². The van der Waals surface area contributed by atoms with E-state index in [0.717, 1.165) is 13.0 Å². The van der Waals surface area contributed by atoms with Gasteiger partial charge in [-0.25, -0.2) is 4.39 Å². The molecule has 48 valence electrons. The summed E-state index contributed by atoms with van der Waals surface area (Å²) in [6.45, 7) is 2.85. The number of alkyl halides is 1. The molecular weight excluding hydrogens is 105 g/mol. The van der Waals surface area contributed by atoms with Crippen LogP contribution in [0.4, 0.5) is 4.39 Å². The maximum absolute atomic E-state index is 12.5. The summed E-state index contributed by atoms with van der Waals surface area (Å²) in [5.41, 5.74) is 0. The monoisotopic (exact) mass is 117 g/mol. The zero-order valence-electron chi connectivity index (χ0n) is 5.39. The highest BCUT2D eigenvalue weighted by Crippen LogP contribution is 2.17. The van der Waals surface area contributed by atoms with Crippen LogP contribution in [0.3, 0.4) is 0 Å². The van der Waals surface area contributed by atoms with Crippen molar-refractivity contribution in [1.29, 1.82) is 0 Å². The second-order valence-electron chi connectivity index (χ2n) is 2.53. The lowest BCUT2D eigenvalue weighted by molar-refractivity contribution is 0.239. The Kier molecular flexibility index (Phi) is 1.52. The lowest BCUT2D eigenvalue weighted by atomic mass is 10.2. The average Bonchev–Trinajstić information content (AvgIpc) is 1.98. The predicted octanol–water partition coefficient (Wildman–Crippen LogP) is 1.05. The van der Waals surface area contributed by atoms with Crippen LogP contribution in [0.2, 0.25) is 0 Å². The van der Waals surface area contributed by atoms with E-state index >= 15 is 0 Å². The molecule has 0 aromatic rings. The van der Waals surface area contributed by atoms with Crippen LogP contribution in [0.15, 0.2) is 0 Å². The molecule has 1 fully saturated rings. The molecule has 0 spiro atoms. The summed E-state index contributed by atoms with van der Waals surface area (Å²) in [6, 6.07) is 0.148.